The highest BCUT2D eigenvalue weighted by Gasteiger charge is 2.40. The summed E-state index contributed by atoms with van der Waals surface area (Å²) in [6.07, 6.45) is 5.61. The Labute approximate surface area is 163 Å². The first-order valence-corrected chi connectivity index (χ1v) is 10.4. The molecule has 2 aliphatic carbocycles. The molecule has 136 valence electrons. The Hall–Kier alpha value is -2.39. The predicted octanol–water partition coefficient (Wildman–Crippen LogP) is 6.18. The van der Waals surface area contributed by atoms with Crippen LogP contribution >= 0.6 is 11.3 Å². The second-order valence-electron chi connectivity index (χ2n) is 7.65. The van der Waals surface area contributed by atoms with Crippen molar-refractivity contribution in [2.45, 2.75) is 25.2 Å². The number of ether oxygens (including phenoxy) is 1. The summed E-state index contributed by atoms with van der Waals surface area (Å²) in [4.78, 5) is 13.6. The lowest BCUT2D eigenvalue weighted by molar-refractivity contribution is -0.136. The third kappa shape index (κ3) is 2.81. The molecule has 1 saturated carbocycles. The van der Waals surface area contributed by atoms with E-state index in [4.69, 9.17) is 4.74 Å². The fraction of sp³-hybridized carbons (Fsp3) is 0.292. The Bertz CT molecular complexity index is 1010. The fourth-order valence-electron chi connectivity index (χ4n) is 4.91. The van der Waals surface area contributed by atoms with Crippen LogP contribution in [0.2, 0.25) is 0 Å². The van der Waals surface area contributed by atoms with Crippen LogP contribution in [-0.2, 0) is 9.53 Å². The lowest BCUT2D eigenvalue weighted by atomic mass is 9.76. The molecule has 3 atom stereocenters. The molecule has 0 N–H and O–H groups in total. The lowest BCUT2D eigenvalue weighted by Gasteiger charge is -2.28. The van der Waals surface area contributed by atoms with Gasteiger partial charge in [0.1, 0.15) is 0 Å². The van der Waals surface area contributed by atoms with Crippen molar-refractivity contribution in [2.75, 3.05) is 7.11 Å². The second-order valence-corrected chi connectivity index (χ2v) is 8.73. The number of rotatable bonds is 3. The monoisotopic (exact) mass is 374 g/mol. The molecule has 1 aromatic heterocycles. The van der Waals surface area contributed by atoms with Crippen LogP contribution in [0.3, 0.4) is 0 Å². The molecule has 5 rings (SSSR count). The number of esters is 1. The Kier molecular flexibility index (Phi) is 4.13. The van der Waals surface area contributed by atoms with Gasteiger partial charge in [-0.25, -0.2) is 4.79 Å². The number of benzene rings is 2. The molecule has 3 aromatic rings. The minimum Gasteiger partial charge on any atom is -0.466 e. The van der Waals surface area contributed by atoms with Gasteiger partial charge in [0.15, 0.2) is 0 Å². The van der Waals surface area contributed by atoms with Gasteiger partial charge < -0.3 is 4.74 Å². The van der Waals surface area contributed by atoms with E-state index in [1.807, 2.05) is 11.3 Å². The van der Waals surface area contributed by atoms with Crippen molar-refractivity contribution >= 4 is 27.4 Å². The number of carbonyl (C=O) groups excluding carboxylic acids is 1. The molecule has 1 fully saturated rings. The highest BCUT2D eigenvalue weighted by Crippen LogP contribution is 2.51. The first-order valence-electron chi connectivity index (χ1n) is 9.62. The Morgan fingerprint density at radius 3 is 2.74 bits per heavy atom. The Morgan fingerprint density at radius 1 is 1.07 bits per heavy atom. The molecule has 2 bridgehead atoms. The van der Waals surface area contributed by atoms with E-state index >= 15 is 0 Å². The lowest BCUT2D eigenvalue weighted by Crippen LogP contribution is -2.21. The normalized spacial score (nSPS) is 24.0. The maximum Gasteiger partial charge on any atom is 0.333 e. The van der Waals surface area contributed by atoms with Crippen LogP contribution in [-0.4, -0.2) is 13.1 Å². The van der Waals surface area contributed by atoms with Crippen molar-refractivity contribution in [3.8, 4) is 10.4 Å². The van der Waals surface area contributed by atoms with Crippen LogP contribution in [0.15, 0.2) is 66.2 Å². The largest absolute Gasteiger partial charge is 0.466 e. The van der Waals surface area contributed by atoms with E-state index in [2.05, 4.69) is 60.7 Å². The van der Waals surface area contributed by atoms with Crippen molar-refractivity contribution < 1.29 is 9.53 Å². The van der Waals surface area contributed by atoms with Gasteiger partial charge in [-0.15, -0.1) is 11.3 Å². The van der Waals surface area contributed by atoms with Crippen LogP contribution in [0.5, 0.6) is 0 Å². The minimum atomic E-state index is -0.148. The number of thiophene rings is 1. The average Bonchev–Trinajstić information content (AvgIpc) is 3.32. The molecule has 2 nitrogen and oxygen atoms in total. The molecule has 1 heterocycles. The van der Waals surface area contributed by atoms with Crippen LogP contribution in [0, 0.1) is 11.8 Å². The SMILES string of the molecule is COC(=O)C1=C[C@H](c2ccccc2-c2cc3ccccc3s2)[C@@H]2CC[C@H]1C2. The summed E-state index contributed by atoms with van der Waals surface area (Å²) in [6.45, 7) is 0. The molecule has 2 aliphatic rings. The molecule has 3 heteroatoms. The molecule has 2 aromatic carbocycles. The fourth-order valence-corrected chi connectivity index (χ4v) is 6.02. The van der Waals surface area contributed by atoms with Crippen molar-refractivity contribution in [3.63, 3.8) is 0 Å². The molecule has 27 heavy (non-hydrogen) atoms. The van der Waals surface area contributed by atoms with Crippen LogP contribution in [0.4, 0.5) is 0 Å². The first-order chi connectivity index (χ1) is 13.2. The van der Waals surface area contributed by atoms with E-state index in [0.29, 0.717) is 17.8 Å². The summed E-state index contributed by atoms with van der Waals surface area (Å²) in [5, 5.41) is 1.29. The molecule has 0 radical (unpaired) electrons. The maximum absolute atomic E-state index is 12.3. The van der Waals surface area contributed by atoms with Gasteiger partial charge in [0, 0.05) is 21.1 Å². The number of methoxy groups -OCH3 is 1. The standard InChI is InChI=1S/C24H22O2S/c1-26-24(25)21-14-20(15-10-11-16(21)12-15)18-7-3-4-8-19(18)23-13-17-6-2-5-9-22(17)27-23/h2-9,13-16,20H,10-12H2,1H3/t15-,16+,20+/m1/s1. The molecular weight excluding hydrogens is 352 g/mol. The number of fused-ring (bicyclic) bond motifs is 3. The van der Waals surface area contributed by atoms with Gasteiger partial charge in [-0.1, -0.05) is 48.5 Å². The van der Waals surface area contributed by atoms with E-state index in [0.717, 1.165) is 18.4 Å². The Balaban J connectivity index is 1.62. The van der Waals surface area contributed by atoms with Crippen LogP contribution in [0.25, 0.3) is 20.5 Å². The van der Waals surface area contributed by atoms with Gasteiger partial charge >= 0.3 is 5.97 Å². The smallest absolute Gasteiger partial charge is 0.333 e. The Morgan fingerprint density at radius 2 is 1.89 bits per heavy atom. The zero-order valence-electron chi connectivity index (χ0n) is 15.4. The minimum absolute atomic E-state index is 0.148. The van der Waals surface area contributed by atoms with Crippen molar-refractivity contribution in [3.05, 3.63) is 71.8 Å². The van der Waals surface area contributed by atoms with Gasteiger partial charge in [0.2, 0.25) is 0 Å². The van der Waals surface area contributed by atoms with Crippen molar-refractivity contribution in [2.24, 2.45) is 11.8 Å². The second kappa shape index (κ2) is 6.65. The number of allylic oxidation sites excluding steroid dienone is 1. The van der Waals surface area contributed by atoms with Crippen LogP contribution in [0.1, 0.15) is 30.7 Å². The summed E-state index contributed by atoms with van der Waals surface area (Å²) in [6, 6.07) is 19.6. The zero-order valence-corrected chi connectivity index (χ0v) is 16.2. The van der Waals surface area contributed by atoms with E-state index in [1.165, 1.54) is 39.6 Å². The number of hydrogen-bond acceptors (Lipinski definition) is 3. The molecule has 0 amide bonds. The number of hydrogen-bond donors (Lipinski definition) is 0. The summed E-state index contributed by atoms with van der Waals surface area (Å²) >= 11 is 1.85. The van der Waals surface area contributed by atoms with Crippen molar-refractivity contribution in [1.82, 2.24) is 0 Å². The molecular formula is C24H22O2S. The zero-order chi connectivity index (χ0) is 18.4. The van der Waals surface area contributed by atoms with E-state index in [9.17, 15) is 4.79 Å². The number of carbonyl (C=O) groups is 1. The average molecular weight is 375 g/mol. The van der Waals surface area contributed by atoms with E-state index in [1.54, 1.807) is 0 Å². The van der Waals surface area contributed by atoms with Crippen molar-refractivity contribution in [1.29, 1.82) is 0 Å². The summed E-state index contributed by atoms with van der Waals surface area (Å²) in [5.74, 6) is 1.15. The van der Waals surface area contributed by atoms with E-state index < -0.39 is 0 Å². The third-order valence-electron chi connectivity index (χ3n) is 6.21. The van der Waals surface area contributed by atoms with Crippen LogP contribution < -0.4 is 0 Å². The third-order valence-corrected chi connectivity index (χ3v) is 7.36. The van der Waals surface area contributed by atoms with Gasteiger partial charge in [-0.3, -0.25) is 0 Å². The van der Waals surface area contributed by atoms with E-state index in [-0.39, 0.29) is 5.97 Å². The molecule has 0 spiro atoms. The maximum atomic E-state index is 12.3. The predicted molar refractivity (Wildman–Crippen MR) is 111 cm³/mol. The van der Waals surface area contributed by atoms with Gasteiger partial charge in [-0.2, -0.15) is 0 Å². The molecule has 0 aliphatic heterocycles. The first kappa shape index (κ1) is 16.8. The highest BCUT2D eigenvalue weighted by molar-refractivity contribution is 7.22. The van der Waals surface area contributed by atoms with Gasteiger partial charge in [-0.05, 0) is 59.7 Å². The van der Waals surface area contributed by atoms with Gasteiger partial charge in [0.25, 0.3) is 0 Å². The highest BCUT2D eigenvalue weighted by atomic mass is 32.1. The molecule has 0 saturated heterocycles. The van der Waals surface area contributed by atoms with Gasteiger partial charge in [0.05, 0.1) is 7.11 Å². The summed E-state index contributed by atoms with van der Waals surface area (Å²) in [7, 11) is 1.49. The molecule has 0 unspecified atom stereocenters. The summed E-state index contributed by atoms with van der Waals surface area (Å²) < 4.78 is 6.39. The summed E-state index contributed by atoms with van der Waals surface area (Å²) in [5.41, 5.74) is 3.53. The topological polar surface area (TPSA) is 26.3 Å². The quantitative estimate of drug-likeness (QED) is 0.512.